The maximum atomic E-state index is 13.0. The zero-order valence-corrected chi connectivity index (χ0v) is 15.2. The van der Waals surface area contributed by atoms with Crippen molar-refractivity contribution in [2.75, 3.05) is 13.1 Å². The molecule has 4 rings (SSSR count). The summed E-state index contributed by atoms with van der Waals surface area (Å²) in [5.74, 6) is 0.765. The molecule has 1 unspecified atom stereocenters. The first-order chi connectivity index (χ1) is 13.1. The Morgan fingerprint density at radius 1 is 1.26 bits per heavy atom. The minimum atomic E-state index is -0.601. The SMILES string of the molecule is Cn1ccnc1C(O)C1CCN(C(=O)c2cn[nH]c2-c2ccccc2)CC1. The molecular weight excluding hydrogens is 342 g/mol. The van der Waals surface area contributed by atoms with Crippen molar-refractivity contribution in [2.24, 2.45) is 13.0 Å². The maximum Gasteiger partial charge on any atom is 0.257 e. The summed E-state index contributed by atoms with van der Waals surface area (Å²) in [6, 6.07) is 9.74. The lowest BCUT2D eigenvalue weighted by molar-refractivity contribution is 0.0420. The van der Waals surface area contributed by atoms with Crippen molar-refractivity contribution in [2.45, 2.75) is 18.9 Å². The predicted molar refractivity (Wildman–Crippen MR) is 101 cm³/mol. The summed E-state index contributed by atoms with van der Waals surface area (Å²) in [5.41, 5.74) is 2.28. The number of aliphatic hydroxyl groups is 1. The third kappa shape index (κ3) is 3.38. The number of aryl methyl sites for hydroxylation is 1. The Hall–Kier alpha value is -2.93. The Balaban J connectivity index is 1.44. The molecule has 1 atom stereocenters. The summed E-state index contributed by atoms with van der Waals surface area (Å²) >= 11 is 0. The van der Waals surface area contributed by atoms with Crippen LogP contribution in [0.2, 0.25) is 0 Å². The van der Waals surface area contributed by atoms with Gasteiger partial charge in [-0.3, -0.25) is 9.89 Å². The molecule has 1 aromatic carbocycles. The van der Waals surface area contributed by atoms with Crippen molar-refractivity contribution in [1.29, 1.82) is 0 Å². The fraction of sp³-hybridized carbons (Fsp3) is 0.350. The highest BCUT2D eigenvalue weighted by Crippen LogP contribution is 2.31. The van der Waals surface area contributed by atoms with Gasteiger partial charge in [0.25, 0.3) is 5.91 Å². The van der Waals surface area contributed by atoms with Crippen molar-refractivity contribution in [3.8, 4) is 11.3 Å². The average molecular weight is 365 g/mol. The molecule has 0 saturated carbocycles. The molecule has 2 N–H and O–H groups in total. The summed E-state index contributed by atoms with van der Waals surface area (Å²) < 4.78 is 1.85. The van der Waals surface area contributed by atoms with E-state index in [1.54, 1.807) is 12.4 Å². The first-order valence-corrected chi connectivity index (χ1v) is 9.18. The number of benzene rings is 1. The molecule has 7 nitrogen and oxygen atoms in total. The Morgan fingerprint density at radius 2 is 2.00 bits per heavy atom. The molecule has 2 aromatic heterocycles. The average Bonchev–Trinajstić information content (AvgIpc) is 3.37. The van der Waals surface area contributed by atoms with Crippen LogP contribution in [0.1, 0.15) is 35.1 Å². The van der Waals surface area contributed by atoms with Gasteiger partial charge in [0.15, 0.2) is 0 Å². The normalized spacial score (nSPS) is 16.4. The molecule has 1 aliphatic rings. The number of carbonyl (C=O) groups excluding carboxylic acids is 1. The number of aliphatic hydroxyl groups excluding tert-OH is 1. The van der Waals surface area contributed by atoms with Crippen molar-refractivity contribution >= 4 is 5.91 Å². The Morgan fingerprint density at radius 3 is 2.67 bits per heavy atom. The van der Waals surface area contributed by atoms with Crippen LogP contribution in [0.3, 0.4) is 0 Å². The molecule has 27 heavy (non-hydrogen) atoms. The highest BCUT2D eigenvalue weighted by atomic mass is 16.3. The van der Waals surface area contributed by atoms with Gasteiger partial charge < -0.3 is 14.6 Å². The van der Waals surface area contributed by atoms with Crippen molar-refractivity contribution < 1.29 is 9.90 Å². The van der Waals surface area contributed by atoms with Crippen LogP contribution in [0.15, 0.2) is 48.9 Å². The number of likely N-dealkylation sites (tertiary alicyclic amines) is 1. The number of hydrogen-bond donors (Lipinski definition) is 2. The van der Waals surface area contributed by atoms with Gasteiger partial charge in [-0.2, -0.15) is 5.10 Å². The molecule has 0 spiro atoms. The van der Waals surface area contributed by atoms with Gasteiger partial charge in [-0.05, 0) is 18.8 Å². The summed E-state index contributed by atoms with van der Waals surface area (Å²) in [6.07, 6.45) is 6.02. The molecule has 7 heteroatoms. The number of imidazole rings is 1. The van der Waals surface area contributed by atoms with E-state index in [0.29, 0.717) is 24.5 Å². The number of nitrogens with zero attached hydrogens (tertiary/aromatic N) is 4. The van der Waals surface area contributed by atoms with Crippen molar-refractivity contribution in [3.05, 3.63) is 60.3 Å². The van der Waals surface area contributed by atoms with E-state index in [1.807, 2.05) is 53.0 Å². The van der Waals surface area contributed by atoms with Gasteiger partial charge in [0.05, 0.1) is 17.5 Å². The van der Waals surface area contributed by atoms with Crippen LogP contribution in [0.4, 0.5) is 0 Å². The molecule has 1 saturated heterocycles. The van der Waals surface area contributed by atoms with E-state index >= 15 is 0 Å². The van der Waals surface area contributed by atoms with Gasteiger partial charge in [-0.25, -0.2) is 4.98 Å². The Kier molecular flexibility index (Phi) is 4.77. The van der Waals surface area contributed by atoms with E-state index in [-0.39, 0.29) is 11.8 Å². The number of rotatable bonds is 4. The van der Waals surface area contributed by atoms with Crippen LogP contribution in [0.25, 0.3) is 11.3 Å². The van der Waals surface area contributed by atoms with Gasteiger partial charge in [-0.1, -0.05) is 30.3 Å². The lowest BCUT2D eigenvalue weighted by Gasteiger charge is -2.34. The van der Waals surface area contributed by atoms with Gasteiger partial charge in [0, 0.05) is 38.1 Å². The smallest absolute Gasteiger partial charge is 0.257 e. The Labute approximate surface area is 157 Å². The molecule has 140 valence electrons. The van der Waals surface area contributed by atoms with Crippen LogP contribution in [-0.2, 0) is 7.05 Å². The molecule has 0 radical (unpaired) electrons. The number of aromatic nitrogens is 4. The summed E-state index contributed by atoms with van der Waals surface area (Å²) in [6.45, 7) is 1.23. The van der Waals surface area contributed by atoms with E-state index in [9.17, 15) is 9.90 Å². The third-order valence-electron chi connectivity index (χ3n) is 5.33. The minimum Gasteiger partial charge on any atom is -0.385 e. The number of aromatic amines is 1. The minimum absolute atomic E-state index is 0.0208. The van der Waals surface area contributed by atoms with Crippen LogP contribution in [0, 0.1) is 5.92 Å². The molecular formula is C20H23N5O2. The van der Waals surface area contributed by atoms with Gasteiger partial charge in [0.2, 0.25) is 0 Å². The second kappa shape index (κ2) is 7.36. The standard InChI is InChI=1S/C20H23N5O2/c1-24-12-9-21-19(24)18(26)15-7-10-25(11-8-15)20(27)16-13-22-23-17(16)14-5-3-2-4-6-14/h2-6,9,12-13,15,18,26H,7-8,10-11H2,1H3,(H,22,23). The maximum absolute atomic E-state index is 13.0. The molecule has 0 bridgehead atoms. The largest absolute Gasteiger partial charge is 0.385 e. The zero-order chi connectivity index (χ0) is 18.8. The summed E-state index contributed by atoms with van der Waals surface area (Å²) in [4.78, 5) is 19.1. The van der Waals surface area contributed by atoms with E-state index < -0.39 is 6.10 Å². The molecule has 1 amide bonds. The topological polar surface area (TPSA) is 87.0 Å². The lowest BCUT2D eigenvalue weighted by Crippen LogP contribution is -2.40. The summed E-state index contributed by atoms with van der Waals surface area (Å²) in [7, 11) is 1.88. The predicted octanol–water partition coefficient (Wildman–Crippen LogP) is 2.40. The molecule has 3 aromatic rings. The monoisotopic (exact) mass is 365 g/mol. The van der Waals surface area contributed by atoms with Gasteiger partial charge >= 0.3 is 0 Å². The molecule has 3 heterocycles. The second-order valence-corrected chi connectivity index (χ2v) is 7.00. The highest BCUT2D eigenvalue weighted by molar-refractivity contribution is 5.99. The van der Waals surface area contributed by atoms with Crippen LogP contribution < -0.4 is 0 Å². The first-order valence-electron chi connectivity index (χ1n) is 9.18. The molecule has 0 aliphatic carbocycles. The fourth-order valence-corrected chi connectivity index (χ4v) is 3.73. The highest BCUT2D eigenvalue weighted by Gasteiger charge is 2.31. The number of piperidine rings is 1. The van der Waals surface area contributed by atoms with E-state index in [1.165, 1.54) is 0 Å². The number of H-pyrrole nitrogens is 1. The lowest BCUT2D eigenvalue weighted by atomic mass is 9.90. The van der Waals surface area contributed by atoms with Crippen LogP contribution in [-0.4, -0.2) is 48.8 Å². The first kappa shape index (κ1) is 17.5. The van der Waals surface area contributed by atoms with Gasteiger partial charge in [0.1, 0.15) is 11.9 Å². The zero-order valence-electron chi connectivity index (χ0n) is 15.2. The molecule has 1 aliphatic heterocycles. The second-order valence-electron chi connectivity index (χ2n) is 7.00. The Bertz CT molecular complexity index is 909. The number of nitrogens with one attached hydrogen (secondary N) is 1. The van der Waals surface area contributed by atoms with E-state index in [0.717, 1.165) is 24.1 Å². The van der Waals surface area contributed by atoms with Gasteiger partial charge in [-0.15, -0.1) is 0 Å². The van der Waals surface area contributed by atoms with Crippen molar-refractivity contribution in [3.63, 3.8) is 0 Å². The quantitative estimate of drug-likeness (QED) is 0.743. The number of hydrogen-bond acceptors (Lipinski definition) is 4. The van der Waals surface area contributed by atoms with E-state index in [4.69, 9.17) is 0 Å². The fourth-order valence-electron chi connectivity index (χ4n) is 3.73. The third-order valence-corrected chi connectivity index (χ3v) is 5.33. The van der Waals surface area contributed by atoms with Crippen molar-refractivity contribution in [1.82, 2.24) is 24.6 Å². The molecule has 1 fully saturated rings. The van der Waals surface area contributed by atoms with E-state index in [2.05, 4.69) is 15.2 Å². The van der Waals surface area contributed by atoms with Crippen LogP contribution >= 0.6 is 0 Å². The number of carbonyl (C=O) groups is 1. The summed E-state index contributed by atoms with van der Waals surface area (Å²) in [5, 5.41) is 17.6. The van der Waals surface area contributed by atoms with Crippen LogP contribution in [0.5, 0.6) is 0 Å². The number of amides is 1.